The number of fused-ring (bicyclic) bond motifs is 1. The molecule has 2 heterocycles. The molecule has 0 radical (unpaired) electrons. The van der Waals surface area contributed by atoms with Crippen LogP contribution in [0.25, 0.3) is 21.3 Å². The molecule has 28 heavy (non-hydrogen) atoms. The van der Waals surface area contributed by atoms with Crippen molar-refractivity contribution in [3.63, 3.8) is 0 Å². The summed E-state index contributed by atoms with van der Waals surface area (Å²) in [5.41, 5.74) is 3.25. The molecule has 0 saturated heterocycles. The third kappa shape index (κ3) is 3.83. The number of carbonyl (C=O) groups excluding carboxylic acids is 1. The normalized spacial score (nSPS) is 10.9. The Morgan fingerprint density at radius 3 is 2.61 bits per heavy atom. The molecule has 5 nitrogen and oxygen atoms in total. The average Bonchev–Trinajstić information content (AvgIpc) is 3.15. The zero-order valence-electron chi connectivity index (χ0n) is 14.8. The van der Waals surface area contributed by atoms with Crippen LogP contribution in [0.3, 0.4) is 0 Å². The Kier molecular flexibility index (Phi) is 5.23. The molecular weight excluding hydrogens is 394 g/mol. The van der Waals surface area contributed by atoms with Gasteiger partial charge >= 0.3 is 0 Å². The van der Waals surface area contributed by atoms with Gasteiger partial charge in [-0.25, -0.2) is 4.98 Å². The number of aromatic nitrogens is 2. The van der Waals surface area contributed by atoms with E-state index in [0.29, 0.717) is 21.8 Å². The van der Waals surface area contributed by atoms with Gasteiger partial charge in [-0.1, -0.05) is 54.1 Å². The highest BCUT2D eigenvalue weighted by Gasteiger charge is 2.14. The van der Waals surface area contributed by atoms with Crippen LogP contribution in [0.5, 0.6) is 0 Å². The molecule has 0 aliphatic heterocycles. The molecule has 2 aromatic heterocycles. The van der Waals surface area contributed by atoms with Crippen LogP contribution in [0.4, 0.5) is 0 Å². The molecule has 0 aliphatic carbocycles. The van der Waals surface area contributed by atoms with E-state index in [2.05, 4.69) is 10.3 Å². The van der Waals surface area contributed by atoms with E-state index in [4.69, 9.17) is 11.6 Å². The Labute approximate surface area is 170 Å². The van der Waals surface area contributed by atoms with E-state index in [1.807, 2.05) is 47.8 Å². The number of carbonyl (C=O) groups is 1. The summed E-state index contributed by atoms with van der Waals surface area (Å²) in [6.45, 7) is 0.354. The van der Waals surface area contributed by atoms with Crippen LogP contribution in [0, 0.1) is 0 Å². The molecule has 1 amide bonds. The minimum absolute atomic E-state index is 0.0667. The summed E-state index contributed by atoms with van der Waals surface area (Å²) in [4.78, 5) is 29.4. The largest absolute Gasteiger partial charge is 0.350 e. The Hall–Kier alpha value is -2.96. The van der Waals surface area contributed by atoms with Crippen molar-refractivity contribution in [3.8, 4) is 11.1 Å². The van der Waals surface area contributed by atoms with Gasteiger partial charge in [0.1, 0.15) is 11.2 Å². The standard InChI is InChI=1S/C21H16ClN3O2S/c22-16-8-6-15(7-9-16)17-12-28-20-19(17)24-13-25(21(20)27)11-18(26)23-10-14-4-2-1-3-5-14/h1-9,12-13H,10-11H2,(H,23,26). The molecule has 0 fully saturated rings. The average molecular weight is 410 g/mol. The number of rotatable bonds is 5. The van der Waals surface area contributed by atoms with E-state index in [1.165, 1.54) is 22.2 Å². The second-order valence-electron chi connectivity index (χ2n) is 6.27. The molecule has 0 bridgehead atoms. The predicted molar refractivity (Wildman–Crippen MR) is 113 cm³/mol. The van der Waals surface area contributed by atoms with Crippen molar-refractivity contribution in [3.05, 3.63) is 87.2 Å². The molecule has 0 unspecified atom stereocenters. The maximum absolute atomic E-state index is 12.8. The van der Waals surface area contributed by atoms with Gasteiger partial charge in [-0.2, -0.15) is 0 Å². The van der Waals surface area contributed by atoms with Crippen molar-refractivity contribution in [1.82, 2.24) is 14.9 Å². The van der Waals surface area contributed by atoms with E-state index in [-0.39, 0.29) is 18.0 Å². The lowest BCUT2D eigenvalue weighted by molar-refractivity contribution is -0.121. The molecule has 0 saturated carbocycles. The van der Waals surface area contributed by atoms with Crippen molar-refractivity contribution in [1.29, 1.82) is 0 Å². The minimum Gasteiger partial charge on any atom is -0.350 e. The van der Waals surface area contributed by atoms with Crippen LogP contribution in [-0.2, 0) is 17.9 Å². The SMILES string of the molecule is O=C(Cn1cnc2c(-c3ccc(Cl)cc3)csc2c1=O)NCc1ccccc1. The highest BCUT2D eigenvalue weighted by molar-refractivity contribution is 7.17. The Morgan fingerprint density at radius 1 is 1.11 bits per heavy atom. The van der Waals surface area contributed by atoms with Crippen LogP contribution < -0.4 is 10.9 Å². The molecule has 4 aromatic rings. The van der Waals surface area contributed by atoms with Gasteiger partial charge in [-0.05, 0) is 23.3 Å². The van der Waals surface area contributed by atoms with Crippen LogP contribution in [0.1, 0.15) is 5.56 Å². The third-order valence-electron chi connectivity index (χ3n) is 4.35. The van der Waals surface area contributed by atoms with Crippen LogP contribution in [0.15, 0.2) is 71.1 Å². The number of amides is 1. The number of halogens is 1. The Bertz CT molecular complexity index is 1180. The van der Waals surface area contributed by atoms with Crippen LogP contribution in [-0.4, -0.2) is 15.5 Å². The third-order valence-corrected chi connectivity index (χ3v) is 5.56. The van der Waals surface area contributed by atoms with E-state index in [0.717, 1.165) is 16.7 Å². The molecular formula is C21H16ClN3O2S. The summed E-state index contributed by atoms with van der Waals surface area (Å²) in [6.07, 6.45) is 1.43. The maximum atomic E-state index is 12.8. The molecule has 0 spiro atoms. The lowest BCUT2D eigenvalue weighted by atomic mass is 10.1. The first-order chi connectivity index (χ1) is 13.6. The fraction of sp³-hybridized carbons (Fsp3) is 0.0952. The van der Waals surface area contributed by atoms with Crippen molar-refractivity contribution in [2.75, 3.05) is 0 Å². The second kappa shape index (κ2) is 7.96. The second-order valence-corrected chi connectivity index (χ2v) is 7.59. The summed E-state index contributed by atoms with van der Waals surface area (Å²) < 4.78 is 1.87. The smallest absolute Gasteiger partial charge is 0.271 e. The summed E-state index contributed by atoms with van der Waals surface area (Å²) in [6, 6.07) is 17.0. The minimum atomic E-state index is -0.235. The highest BCUT2D eigenvalue weighted by atomic mass is 35.5. The quantitative estimate of drug-likeness (QED) is 0.539. The molecule has 2 aromatic carbocycles. The van der Waals surface area contributed by atoms with Crippen LogP contribution in [0.2, 0.25) is 5.02 Å². The number of hydrogen-bond donors (Lipinski definition) is 1. The summed E-state index contributed by atoms with van der Waals surface area (Å²) in [5.74, 6) is -0.235. The van der Waals surface area contributed by atoms with Crippen molar-refractivity contribution >= 4 is 39.1 Å². The number of benzene rings is 2. The van der Waals surface area contributed by atoms with Gasteiger partial charge in [0.15, 0.2) is 0 Å². The van der Waals surface area contributed by atoms with E-state index >= 15 is 0 Å². The van der Waals surface area contributed by atoms with E-state index in [9.17, 15) is 9.59 Å². The predicted octanol–water partition coefficient (Wildman–Crippen LogP) is 4.09. The van der Waals surface area contributed by atoms with Gasteiger partial charge in [0, 0.05) is 22.5 Å². The number of thiophene rings is 1. The van der Waals surface area contributed by atoms with Gasteiger partial charge < -0.3 is 5.32 Å². The van der Waals surface area contributed by atoms with Crippen molar-refractivity contribution in [2.45, 2.75) is 13.1 Å². The Balaban J connectivity index is 1.54. The fourth-order valence-electron chi connectivity index (χ4n) is 2.90. The first-order valence-corrected chi connectivity index (χ1v) is 9.91. The first-order valence-electron chi connectivity index (χ1n) is 8.65. The van der Waals surface area contributed by atoms with E-state index in [1.54, 1.807) is 12.1 Å². The van der Waals surface area contributed by atoms with Gasteiger partial charge in [0.05, 0.1) is 11.8 Å². The van der Waals surface area contributed by atoms with Gasteiger partial charge in [0.25, 0.3) is 5.56 Å². The first kappa shape index (κ1) is 18.4. The summed E-state index contributed by atoms with van der Waals surface area (Å²) in [5, 5.41) is 5.38. The van der Waals surface area contributed by atoms with Crippen molar-refractivity contribution in [2.24, 2.45) is 0 Å². The number of nitrogens with zero attached hydrogens (tertiary/aromatic N) is 2. The van der Waals surface area contributed by atoms with Gasteiger partial charge in [0.2, 0.25) is 5.91 Å². The maximum Gasteiger partial charge on any atom is 0.271 e. The van der Waals surface area contributed by atoms with Gasteiger partial charge in [-0.3, -0.25) is 14.2 Å². The summed E-state index contributed by atoms with van der Waals surface area (Å²) in [7, 11) is 0. The zero-order valence-corrected chi connectivity index (χ0v) is 16.3. The number of hydrogen-bond acceptors (Lipinski definition) is 4. The monoisotopic (exact) mass is 409 g/mol. The fourth-order valence-corrected chi connectivity index (χ4v) is 4.00. The molecule has 0 aliphatic rings. The molecule has 0 atom stereocenters. The topological polar surface area (TPSA) is 64.0 Å². The summed E-state index contributed by atoms with van der Waals surface area (Å²) >= 11 is 7.28. The lowest BCUT2D eigenvalue weighted by Crippen LogP contribution is -2.31. The molecule has 140 valence electrons. The van der Waals surface area contributed by atoms with Gasteiger partial charge in [-0.15, -0.1) is 11.3 Å². The van der Waals surface area contributed by atoms with Crippen LogP contribution >= 0.6 is 22.9 Å². The molecule has 4 rings (SSSR count). The molecule has 7 heteroatoms. The molecule has 1 N–H and O–H groups in total. The lowest BCUT2D eigenvalue weighted by Gasteiger charge is -2.07. The Morgan fingerprint density at radius 2 is 1.86 bits per heavy atom. The zero-order chi connectivity index (χ0) is 19.5. The van der Waals surface area contributed by atoms with E-state index < -0.39 is 0 Å². The van der Waals surface area contributed by atoms with Crippen molar-refractivity contribution < 1.29 is 4.79 Å². The highest BCUT2D eigenvalue weighted by Crippen LogP contribution is 2.31. The number of nitrogens with one attached hydrogen (secondary N) is 1.